The van der Waals surface area contributed by atoms with E-state index in [4.69, 9.17) is 5.73 Å². The highest BCUT2D eigenvalue weighted by Gasteiger charge is 2.03. The molecule has 0 fully saturated rings. The zero-order valence-corrected chi connectivity index (χ0v) is 13.2. The van der Waals surface area contributed by atoms with Crippen LogP contribution in [0.2, 0.25) is 0 Å². The first-order valence-electron chi connectivity index (χ1n) is 6.13. The fourth-order valence-electron chi connectivity index (χ4n) is 1.65. The number of hydrogen-bond acceptors (Lipinski definition) is 3. The van der Waals surface area contributed by atoms with E-state index in [0.717, 1.165) is 30.9 Å². The summed E-state index contributed by atoms with van der Waals surface area (Å²) in [4.78, 5) is 4.16. The molecular weight excluding hydrogens is 355 g/mol. The van der Waals surface area contributed by atoms with Gasteiger partial charge in [0.15, 0.2) is 11.6 Å². The number of nitrogens with zero attached hydrogens (tertiary/aromatic N) is 4. The Morgan fingerprint density at radius 3 is 3.05 bits per heavy atom. The van der Waals surface area contributed by atoms with Crippen molar-refractivity contribution < 1.29 is 0 Å². The molecule has 7 heteroatoms. The van der Waals surface area contributed by atoms with Crippen molar-refractivity contribution in [2.75, 3.05) is 13.1 Å². The average molecular weight is 374 g/mol. The Morgan fingerprint density at radius 1 is 1.42 bits per heavy atom. The SMILES string of the molecule is CCCN=C(N)NCCc1nnc2ccccn12.I. The molecule has 0 aliphatic heterocycles. The molecule has 0 aliphatic rings. The van der Waals surface area contributed by atoms with Gasteiger partial charge in [0.1, 0.15) is 5.82 Å². The van der Waals surface area contributed by atoms with E-state index in [0.29, 0.717) is 12.5 Å². The monoisotopic (exact) mass is 374 g/mol. The summed E-state index contributed by atoms with van der Waals surface area (Å²) in [6.07, 6.45) is 3.71. The van der Waals surface area contributed by atoms with Crippen LogP contribution >= 0.6 is 24.0 Å². The molecule has 0 saturated carbocycles. The molecule has 19 heavy (non-hydrogen) atoms. The van der Waals surface area contributed by atoms with Crippen LogP contribution in [0, 0.1) is 0 Å². The molecule has 0 atom stereocenters. The van der Waals surface area contributed by atoms with Crippen molar-refractivity contribution in [1.29, 1.82) is 0 Å². The van der Waals surface area contributed by atoms with Crippen LogP contribution in [0.25, 0.3) is 5.65 Å². The number of fused-ring (bicyclic) bond motifs is 1. The maximum absolute atomic E-state index is 5.71. The van der Waals surface area contributed by atoms with Gasteiger partial charge in [0, 0.05) is 25.7 Å². The van der Waals surface area contributed by atoms with Gasteiger partial charge in [-0.2, -0.15) is 0 Å². The summed E-state index contributed by atoms with van der Waals surface area (Å²) >= 11 is 0. The Bertz CT molecular complexity index is 536. The number of guanidine groups is 1. The summed E-state index contributed by atoms with van der Waals surface area (Å²) < 4.78 is 1.97. The molecule has 104 valence electrons. The van der Waals surface area contributed by atoms with Crippen molar-refractivity contribution >= 4 is 35.6 Å². The van der Waals surface area contributed by atoms with Crippen molar-refractivity contribution in [2.45, 2.75) is 19.8 Å². The zero-order chi connectivity index (χ0) is 12.8. The Balaban J connectivity index is 0.00000180. The van der Waals surface area contributed by atoms with Crippen LogP contribution in [0.4, 0.5) is 0 Å². The van der Waals surface area contributed by atoms with E-state index in [2.05, 4.69) is 27.4 Å². The van der Waals surface area contributed by atoms with E-state index in [1.165, 1.54) is 0 Å². The van der Waals surface area contributed by atoms with Crippen molar-refractivity contribution in [3.05, 3.63) is 30.2 Å². The number of aromatic nitrogens is 3. The number of nitrogens with two attached hydrogens (primary N) is 1. The third kappa shape index (κ3) is 4.34. The van der Waals surface area contributed by atoms with E-state index in [1.807, 2.05) is 28.8 Å². The minimum atomic E-state index is 0. The Labute approximate surface area is 129 Å². The number of hydrogen-bond donors (Lipinski definition) is 2. The molecule has 0 bridgehead atoms. The predicted octanol–water partition coefficient (Wildman–Crippen LogP) is 1.20. The van der Waals surface area contributed by atoms with E-state index >= 15 is 0 Å². The maximum atomic E-state index is 5.71. The van der Waals surface area contributed by atoms with Gasteiger partial charge in [-0.1, -0.05) is 13.0 Å². The van der Waals surface area contributed by atoms with Crippen LogP contribution in [0.3, 0.4) is 0 Å². The summed E-state index contributed by atoms with van der Waals surface area (Å²) in [5, 5.41) is 11.3. The highest BCUT2D eigenvalue weighted by molar-refractivity contribution is 14.0. The fraction of sp³-hybridized carbons (Fsp3) is 0.417. The van der Waals surface area contributed by atoms with Crippen molar-refractivity contribution in [3.8, 4) is 0 Å². The molecule has 3 N–H and O–H groups in total. The lowest BCUT2D eigenvalue weighted by molar-refractivity contribution is 0.785. The lowest BCUT2D eigenvalue weighted by Crippen LogP contribution is -2.33. The first-order chi connectivity index (χ1) is 8.81. The smallest absolute Gasteiger partial charge is 0.188 e. The van der Waals surface area contributed by atoms with E-state index < -0.39 is 0 Å². The molecule has 0 saturated heterocycles. The Morgan fingerprint density at radius 2 is 2.26 bits per heavy atom. The van der Waals surface area contributed by atoms with Gasteiger partial charge in [-0.05, 0) is 18.6 Å². The summed E-state index contributed by atoms with van der Waals surface area (Å²) in [6.45, 7) is 3.53. The summed E-state index contributed by atoms with van der Waals surface area (Å²) in [5.74, 6) is 1.41. The molecule has 0 amide bonds. The quantitative estimate of drug-likeness (QED) is 0.468. The van der Waals surface area contributed by atoms with Crippen LogP contribution in [0.1, 0.15) is 19.2 Å². The first kappa shape index (κ1) is 15.7. The van der Waals surface area contributed by atoms with Crippen molar-refractivity contribution in [3.63, 3.8) is 0 Å². The number of aliphatic imine (C=N–C) groups is 1. The molecule has 0 spiro atoms. The largest absolute Gasteiger partial charge is 0.370 e. The molecular formula is C12H19IN6. The molecule has 2 heterocycles. The maximum Gasteiger partial charge on any atom is 0.188 e. The number of rotatable bonds is 5. The van der Waals surface area contributed by atoms with Gasteiger partial charge in [0.05, 0.1) is 0 Å². The molecule has 2 aromatic heterocycles. The zero-order valence-electron chi connectivity index (χ0n) is 10.9. The van der Waals surface area contributed by atoms with Gasteiger partial charge in [-0.15, -0.1) is 34.2 Å². The van der Waals surface area contributed by atoms with Crippen molar-refractivity contribution in [2.24, 2.45) is 10.7 Å². The van der Waals surface area contributed by atoms with Crippen LogP contribution < -0.4 is 11.1 Å². The standard InChI is InChI=1S/C12H18N6.HI/c1-2-7-14-12(13)15-8-6-11-17-16-10-5-3-4-9-18(10)11;/h3-5,9H,2,6-8H2,1H3,(H3,13,14,15);1H. The molecule has 2 aromatic rings. The highest BCUT2D eigenvalue weighted by Crippen LogP contribution is 2.02. The van der Waals surface area contributed by atoms with Crippen LogP contribution in [-0.4, -0.2) is 33.6 Å². The normalized spacial score (nSPS) is 11.3. The predicted molar refractivity (Wildman–Crippen MR) is 86.9 cm³/mol. The van der Waals surface area contributed by atoms with E-state index in [1.54, 1.807) is 0 Å². The Hall–Kier alpha value is -1.38. The summed E-state index contributed by atoms with van der Waals surface area (Å²) in [6, 6.07) is 5.84. The fourth-order valence-corrected chi connectivity index (χ4v) is 1.65. The second-order valence-electron chi connectivity index (χ2n) is 3.99. The molecule has 0 unspecified atom stereocenters. The van der Waals surface area contributed by atoms with E-state index in [9.17, 15) is 0 Å². The van der Waals surface area contributed by atoms with Crippen molar-refractivity contribution in [1.82, 2.24) is 19.9 Å². The average Bonchev–Trinajstić information content (AvgIpc) is 2.80. The van der Waals surface area contributed by atoms with Gasteiger partial charge < -0.3 is 11.1 Å². The van der Waals surface area contributed by atoms with Gasteiger partial charge >= 0.3 is 0 Å². The highest BCUT2D eigenvalue weighted by atomic mass is 127. The molecule has 0 aliphatic carbocycles. The summed E-state index contributed by atoms with van der Waals surface area (Å²) in [5.41, 5.74) is 6.57. The number of nitrogens with one attached hydrogen (secondary N) is 1. The second-order valence-corrected chi connectivity index (χ2v) is 3.99. The molecule has 0 radical (unpaired) electrons. The van der Waals surface area contributed by atoms with Crippen LogP contribution in [0.15, 0.2) is 29.4 Å². The van der Waals surface area contributed by atoms with Gasteiger partial charge in [-0.25, -0.2) is 0 Å². The number of pyridine rings is 1. The minimum Gasteiger partial charge on any atom is -0.370 e. The molecule has 2 rings (SSSR count). The summed E-state index contributed by atoms with van der Waals surface area (Å²) in [7, 11) is 0. The van der Waals surface area contributed by atoms with Gasteiger partial charge in [-0.3, -0.25) is 9.39 Å². The molecule has 6 nitrogen and oxygen atoms in total. The third-order valence-corrected chi connectivity index (χ3v) is 2.54. The lowest BCUT2D eigenvalue weighted by Gasteiger charge is -2.04. The lowest BCUT2D eigenvalue weighted by atomic mass is 10.4. The third-order valence-electron chi connectivity index (χ3n) is 2.54. The van der Waals surface area contributed by atoms with Gasteiger partial charge in [0.2, 0.25) is 0 Å². The number of halogens is 1. The first-order valence-corrected chi connectivity index (χ1v) is 6.13. The van der Waals surface area contributed by atoms with Crippen LogP contribution in [-0.2, 0) is 6.42 Å². The van der Waals surface area contributed by atoms with Crippen LogP contribution in [0.5, 0.6) is 0 Å². The van der Waals surface area contributed by atoms with Gasteiger partial charge in [0.25, 0.3) is 0 Å². The topological polar surface area (TPSA) is 80.6 Å². The Kier molecular flexibility index (Phi) is 6.54. The minimum absolute atomic E-state index is 0. The molecule has 0 aromatic carbocycles. The van der Waals surface area contributed by atoms with E-state index in [-0.39, 0.29) is 24.0 Å². The second kappa shape index (κ2) is 7.93.